The lowest BCUT2D eigenvalue weighted by atomic mass is 10.2. The van der Waals surface area contributed by atoms with Gasteiger partial charge < -0.3 is 14.4 Å². The molecular formula is C22H21FN2O4S. The Kier molecular flexibility index (Phi) is 7.13. The lowest BCUT2D eigenvalue weighted by Gasteiger charge is -2.17. The number of hydrogen-bond donors (Lipinski definition) is 0. The smallest absolute Gasteiger partial charge is 0.338 e. The third-order valence-electron chi connectivity index (χ3n) is 4.24. The molecule has 3 rings (SSSR count). The lowest BCUT2D eigenvalue weighted by Crippen LogP contribution is -2.31. The van der Waals surface area contributed by atoms with Crippen LogP contribution in [0.1, 0.15) is 26.6 Å². The monoisotopic (exact) mass is 428 g/mol. The van der Waals surface area contributed by atoms with Gasteiger partial charge in [-0.3, -0.25) is 4.79 Å². The van der Waals surface area contributed by atoms with Gasteiger partial charge in [-0.25, -0.2) is 14.2 Å². The van der Waals surface area contributed by atoms with Gasteiger partial charge in [-0.2, -0.15) is 0 Å². The molecule has 0 aliphatic carbocycles. The molecule has 0 aliphatic heterocycles. The maximum Gasteiger partial charge on any atom is 0.338 e. The van der Waals surface area contributed by atoms with Crippen molar-refractivity contribution >= 4 is 23.2 Å². The van der Waals surface area contributed by atoms with Crippen LogP contribution in [0.5, 0.6) is 5.75 Å². The molecule has 0 saturated heterocycles. The number of likely N-dealkylation sites (N-methyl/N-ethyl adjacent to an activating group) is 1. The number of aryl methyl sites for hydroxylation is 1. The number of carbonyl (C=O) groups is 2. The normalized spacial score (nSPS) is 10.5. The van der Waals surface area contributed by atoms with Crippen molar-refractivity contribution in [3.05, 3.63) is 81.6 Å². The van der Waals surface area contributed by atoms with Crippen LogP contribution in [0, 0.1) is 12.7 Å². The summed E-state index contributed by atoms with van der Waals surface area (Å²) in [5.41, 5.74) is 1.47. The summed E-state index contributed by atoms with van der Waals surface area (Å²) < 4.78 is 24.5. The van der Waals surface area contributed by atoms with Crippen molar-refractivity contribution < 1.29 is 23.5 Å². The highest BCUT2D eigenvalue weighted by Crippen LogP contribution is 2.17. The average molecular weight is 428 g/mol. The predicted molar refractivity (Wildman–Crippen MR) is 111 cm³/mol. The summed E-state index contributed by atoms with van der Waals surface area (Å²) in [6.07, 6.45) is 0. The molecule has 0 saturated carbocycles. The number of thiazole rings is 1. The van der Waals surface area contributed by atoms with E-state index in [9.17, 15) is 14.0 Å². The minimum absolute atomic E-state index is 0.0858. The Morgan fingerprint density at radius 3 is 2.70 bits per heavy atom. The average Bonchev–Trinajstić information content (AvgIpc) is 3.17. The molecule has 30 heavy (non-hydrogen) atoms. The highest BCUT2D eigenvalue weighted by molar-refractivity contribution is 7.09. The molecule has 2 aromatic carbocycles. The van der Waals surface area contributed by atoms with E-state index in [2.05, 4.69) is 4.98 Å². The van der Waals surface area contributed by atoms with Gasteiger partial charge in [0.1, 0.15) is 18.2 Å². The zero-order chi connectivity index (χ0) is 21.5. The fourth-order valence-corrected chi connectivity index (χ4v) is 3.23. The first kappa shape index (κ1) is 21.4. The van der Waals surface area contributed by atoms with Crippen LogP contribution >= 0.6 is 11.3 Å². The van der Waals surface area contributed by atoms with Crippen LogP contribution in [0.15, 0.2) is 53.9 Å². The van der Waals surface area contributed by atoms with Gasteiger partial charge in [0.15, 0.2) is 6.61 Å². The number of aromatic nitrogens is 1. The van der Waals surface area contributed by atoms with Crippen LogP contribution in [-0.2, 0) is 22.7 Å². The fourth-order valence-electron chi connectivity index (χ4n) is 2.64. The van der Waals surface area contributed by atoms with Gasteiger partial charge in [-0.05, 0) is 31.2 Å². The molecular weight excluding hydrogens is 407 g/mol. The topological polar surface area (TPSA) is 68.7 Å². The summed E-state index contributed by atoms with van der Waals surface area (Å²) in [6.45, 7) is 1.86. The summed E-state index contributed by atoms with van der Waals surface area (Å²) in [5.74, 6) is -0.965. The van der Waals surface area contributed by atoms with Crippen molar-refractivity contribution in [3.63, 3.8) is 0 Å². The Balaban J connectivity index is 1.51. The SMILES string of the molecule is Cc1nc(COc2cccc(C(=O)OCC(=O)N(C)Cc3ccccc3F)c2)cs1. The molecule has 0 aliphatic rings. The molecule has 0 bridgehead atoms. The Labute approximate surface area is 177 Å². The molecule has 0 N–H and O–H groups in total. The molecule has 156 valence electrons. The number of ether oxygens (including phenoxy) is 2. The number of benzene rings is 2. The fraction of sp³-hybridized carbons (Fsp3) is 0.227. The highest BCUT2D eigenvalue weighted by atomic mass is 32.1. The predicted octanol–water partition coefficient (Wildman–Crippen LogP) is 3.99. The van der Waals surface area contributed by atoms with E-state index in [1.54, 1.807) is 42.5 Å². The summed E-state index contributed by atoms with van der Waals surface area (Å²) >= 11 is 1.54. The molecule has 0 unspecified atom stereocenters. The third kappa shape index (κ3) is 5.87. The summed E-state index contributed by atoms with van der Waals surface area (Å²) in [7, 11) is 1.53. The van der Waals surface area contributed by atoms with Crippen LogP contribution in [-0.4, -0.2) is 35.4 Å². The molecule has 6 nitrogen and oxygen atoms in total. The maximum atomic E-state index is 13.7. The molecule has 8 heteroatoms. The van der Waals surface area contributed by atoms with Crippen LogP contribution in [0.25, 0.3) is 0 Å². The number of hydrogen-bond acceptors (Lipinski definition) is 6. The van der Waals surface area contributed by atoms with Crippen LogP contribution in [0.2, 0.25) is 0 Å². The number of carbonyl (C=O) groups excluding carboxylic acids is 2. The number of rotatable bonds is 8. The maximum absolute atomic E-state index is 13.7. The largest absolute Gasteiger partial charge is 0.487 e. The molecule has 0 spiro atoms. The van der Waals surface area contributed by atoms with Crippen molar-refractivity contribution in [3.8, 4) is 5.75 Å². The second-order valence-electron chi connectivity index (χ2n) is 6.59. The van der Waals surface area contributed by atoms with Gasteiger partial charge in [-0.1, -0.05) is 24.3 Å². The Morgan fingerprint density at radius 1 is 1.17 bits per heavy atom. The van der Waals surface area contributed by atoms with Gasteiger partial charge in [0.05, 0.1) is 16.3 Å². The van der Waals surface area contributed by atoms with Crippen molar-refractivity contribution in [2.45, 2.75) is 20.1 Å². The van der Waals surface area contributed by atoms with Gasteiger partial charge >= 0.3 is 5.97 Å². The van der Waals surface area contributed by atoms with E-state index in [4.69, 9.17) is 9.47 Å². The first-order valence-electron chi connectivity index (χ1n) is 9.20. The lowest BCUT2D eigenvalue weighted by molar-refractivity contribution is -0.133. The summed E-state index contributed by atoms with van der Waals surface area (Å²) in [6, 6.07) is 12.7. The summed E-state index contributed by atoms with van der Waals surface area (Å²) in [5, 5.41) is 2.87. The number of amides is 1. The zero-order valence-corrected chi connectivity index (χ0v) is 17.4. The van der Waals surface area contributed by atoms with Crippen molar-refractivity contribution in [2.75, 3.05) is 13.7 Å². The van der Waals surface area contributed by atoms with Crippen molar-refractivity contribution in [2.24, 2.45) is 0 Å². The van der Waals surface area contributed by atoms with Crippen LogP contribution in [0.3, 0.4) is 0 Å². The van der Waals surface area contributed by atoms with Gasteiger partial charge in [-0.15, -0.1) is 11.3 Å². The second kappa shape index (κ2) is 9.98. The van der Waals surface area contributed by atoms with Gasteiger partial charge in [0.25, 0.3) is 5.91 Å². The third-order valence-corrected chi connectivity index (χ3v) is 5.06. The standard InChI is InChI=1S/C22H21FN2O4S/c1-15-24-18(14-30-15)12-28-19-8-5-7-16(10-19)22(27)29-13-21(26)25(2)11-17-6-3-4-9-20(17)23/h3-10,14H,11-13H2,1-2H3. The Hall–Kier alpha value is -3.26. The molecule has 1 aromatic heterocycles. The first-order valence-corrected chi connectivity index (χ1v) is 10.1. The van der Waals surface area contributed by atoms with E-state index in [0.29, 0.717) is 17.9 Å². The first-order chi connectivity index (χ1) is 14.4. The van der Waals surface area contributed by atoms with Gasteiger partial charge in [0.2, 0.25) is 0 Å². The number of esters is 1. The quantitative estimate of drug-likeness (QED) is 0.508. The summed E-state index contributed by atoms with van der Waals surface area (Å²) in [4.78, 5) is 30.1. The minimum atomic E-state index is -0.641. The molecule has 0 fully saturated rings. The molecule has 1 amide bonds. The minimum Gasteiger partial charge on any atom is -0.487 e. The number of halogens is 1. The van der Waals surface area contributed by atoms with Gasteiger partial charge in [0, 0.05) is 24.5 Å². The second-order valence-corrected chi connectivity index (χ2v) is 7.65. The van der Waals surface area contributed by atoms with E-state index in [-0.39, 0.29) is 12.1 Å². The molecule has 0 radical (unpaired) electrons. The van der Waals surface area contributed by atoms with Crippen LogP contribution in [0.4, 0.5) is 4.39 Å². The van der Waals surface area contributed by atoms with E-state index >= 15 is 0 Å². The molecule has 3 aromatic rings. The molecule has 1 heterocycles. The van der Waals surface area contributed by atoms with E-state index in [0.717, 1.165) is 10.7 Å². The van der Waals surface area contributed by atoms with E-state index < -0.39 is 24.3 Å². The Morgan fingerprint density at radius 2 is 1.97 bits per heavy atom. The van der Waals surface area contributed by atoms with Crippen molar-refractivity contribution in [1.82, 2.24) is 9.88 Å². The molecule has 0 atom stereocenters. The number of nitrogens with zero attached hydrogens (tertiary/aromatic N) is 2. The van der Waals surface area contributed by atoms with Crippen LogP contribution < -0.4 is 4.74 Å². The van der Waals surface area contributed by atoms with E-state index in [1.807, 2.05) is 12.3 Å². The highest BCUT2D eigenvalue weighted by Gasteiger charge is 2.15. The van der Waals surface area contributed by atoms with E-state index in [1.165, 1.54) is 29.4 Å². The zero-order valence-electron chi connectivity index (χ0n) is 16.6. The Bertz CT molecular complexity index is 1040. The van der Waals surface area contributed by atoms with Crippen molar-refractivity contribution in [1.29, 1.82) is 0 Å².